The topological polar surface area (TPSA) is 26.3 Å². The molecule has 3 heteroatoms. The Morgan fingerprint density at radius 1 is 1.37 bits per heavy atom. The fourth-order valence-corrected chi connectivity index (χ4v) is 3.65. The first kappa shape index (κ1) is 12.8. The van der Waals surface area contributed by atoms with Crippen molar-refractivity contribution in [3.63, 3.8) is 0 Å². The molecule has 2 aromatic rings. The third kappa shape index (κ3) is 2.45. The summed E-state index contributed by atoms with van der Waals surface area (Å²) in [6.45, 7) is 2.66. The number of benzene rings is 1. The Labute approximate surface area is 117 Å². The number of rotatable bonds is 3. The van der Waals surface area contributed by atoms with E-state index in [1.165, 1.54) is 10.1 Å². The largest absolute Gasteiger partial charge is 0.367 e. The van der Waals surface area contributed by atoms with Crippen LogP contribution < -0.4 is 0 Å². The molecule has 1 fully saturated rings. The maximum absolute atomic E-state index is 12.5. The Morgan fingerprint density at radius 2 is 2.21 bits per heavy atom. The molecule has 3 rings (SSSR count). The van der Waals surface area contributed by atoms with Crippen molar-refractivity contribution in [2.75, 3.05) is 6.61 Å². The first-order chi connectivity index (χ1) is 9.19. The van der Waals surface area contributed by atoms with Gasteiger partial charge in [0.25, 0.3) is 0 Å². The summed E-state index contributed by atoms with van der Waals surface area (Å²) in [5.74, 6) is 0.218. The second kappa shape index (κ2) is 5.06. The van der Waals surface area contributed by atoms with Crippen LogP contribution in [0.25, 0.3) is 10.1 Å². The van der Waals surface area contributed by atoms with Crippen LogP contribution in [-0.4, -0.2) is 18.0 Å². The number of fused-ring (bicyclic) bond motifs is 1. The second-order valence-electron chi connectivity index (χ2n) is 5.39. The molecule has 0 bridgehead atoms. The SMILES string of the molecule is CC1(C(=O)Cc2csc3ccccc23)CCCCO1. The lowest BCUT2D eigenvalue weighted by Gasteiger charge is -2.32. The van der Waals surface area contributed by atoms with Crippen molar-refractivity contribution in [3.8, 4) is 0 Å². The minimum absolute atomic E-state index is 0.218. The molecular weight excluding hydrogens is 256 g/mol. The number of Topliss-reactive ketones (excluding diaryl/α,β-unsaturated/α-hetero) is 1. The van der Waals surface area contributed by atoms with Crippen LogP contribution >= 0.6 is 11.3 Å². The lowest BCUT2D eigenvalue weighted by Crippen LogP contribution is -2.42. The van der Waals surface area contributed by atoms with Gasteiger partial charge in [-0.3, -0.25) is 4.79 Å². The number of carbonyl (C=O) groups excluding carboxylic acids is 1. The molecule has 1 aromatic heterocycles. The van der Waals surface area contributed by atoms with E-state index in [9.17, 15) is 4.79 Å². The molecule has 1 aliphatic heterocycles. The number of hydrogen-bond acceptors (Lipinski definition) is 3. The average Bonchev–Trinajstić information content (AvgIpc) is 2.83. The molecule has 0 N–H and O–H groups in total. The van der Waals surface area contributed by atoms with Crippen LogP contribution in [0.15, 0.2) is 29.6 Å². The lowest BCUT2D eigenvalue weighted by molar-refractivity contribution is -0.147. The fourth-order valence-electron chi connectivity index (χ4n) is 2.68. The van der Waals surface area contributed by atoms with Gasteiger partial charge in [0.05, 0.1) is 0 Å². The monoisotopic (exact) mass is 274 g/mol. The second-order valence-corrected chi connectivity index (χ2v) is 6.30. The molecule has 0 aliphatic carbocycles. The number of carbonyl (C=O) groups is 1. The Bertz CT molecular complexity index is 594. The first-order valence-corrected chi connectivity index (χ1v) is 7.69. The van der Waals surface area contributed by atoms with Crippen molar-refractivity contribution in [2.24, 2.45) is 0 Å². The van der Waals surface area contributed by atoms with Crippen LogP contribution in [0.1, 0.15) is 31.7 Å². The Balaban J connectivity index is 1.82. The molecule has 1 unspecified atom stereocenters. The van der Waals surface area contributed by atoms with E-state index in [1.54, 1.807) is 11.3 Å². The quantitative estimate of drug-likeness (QED) is 0.846. The molecule has 0 amide bonds. The van der Waals surface area contributed by atoms with Gasteiger partial charge in [-0.05, 0) is 48.6 Å². The normalized spacial score (nSPS) is 23.6. The van der Waals surface area contributed by atoms with E-state index in [0.717, 1.165) is 24.8 Å². The summed E-state index contributed by atoms with van der Waals surface area (Å²) >= 11 is 1.71. The minimum Gasteiger partial charge on any atom is -0.367 e. The standard InChI is InChI=1S/C16H18O2S/c1-16(8-4-5-9-18-16)15(17)10-12-11-19-14-7-3-2-6-13(12)14/h2-3,6-7,11H,4-5,8-10H2,1H3. The predicted molar refractivity (Wildman–Crippen MR) is 78.7 cm³/mol. The van der Waals surface area contributed by atoms with Gasteiger partial charge in [0.1, 0.15) is 5.60 Å². The number of hydrogen-bond donors (Lipinski definition) is 0. The summed E-state index contributed by atoms with van der Waals surface area (Å²) in [5, 5.41) is 3.31. The molecule has 1 saturated heterocycles. The maximum Gasteiger partial charge on any atom is 0.168 e. The van der Waals surface area contributed by atoms with Gasteiger partial charge in [-0.15, -0.1) is 11.3 Å². The summed E-state index contributed by atoms with van der Waals surface area (Å²) in [7, 11) is 0. The van der Waals surface area contributed by atoms with Crippen LogP contribution in [0.2, 0.25) is 0 Å². The molecule has 1 atom stereocenters. The highest BCUT2D eigenvalue weighted by Crippen LogP contribution is 2.30. The number of ketones is 1. The van der Waals surface area contributed by atoms with E-state index < -0.39 is 5.60 Å². The first-order valence-electron chi connectivity index (χ1n) is 6.81. The molecule has 0 radical (unpaired) electrons. The van der Waals surface area contributed by atoms with Crippen molar-refractivity contribution in [2.45, 2.75) is 38.2 Å². The number of ether oxygens (including phenoxy) is 1. The minimum atomic E-state index is -0.568. The molecule has 1 aliphatic rings. The van der Waals surface area contributed by atoms with E-state index in [1.807, 2.05) is 19.1 Å². The lowest BCUT2D eigenvalue weighted by atomic mass is 9.88. The third-order valence-corrected chi connectivity index (χ3v) is 4.98. The molecule has 100 valence electrons. The van der Waals surface area contributed by atoms with Crippen molar-refractivity contribution in [1.82, 2.24) is 0 Å². The predicted octanol–water partition coefficient (Wildman–Crippen LogP) is 3.97. The van der Waals surface area contributed by atoms with Gasteiger partial charge < -0.3 is 4.74 Å². The molecule has 0 spiro atoms. The van der Waals surface area contributed by atoms with Crippen molar-refractivity contribution in [1.29, 1.82) is 0 Å². The zero-order valence-electron chi connectivity index (χ0n) is 11.1. The van der Waals surface area contributed by atoms with Crippen molar-refractivity contribution < 1.29 is 9.53 Å². The third-order valence-electron chi connectivity index (χ3n) is 3.97. The van der Waals surface area contributed by atoms with Gasteiger partial charge in [-0.1, -0.05) is 18.2 Å². The maximum atomic E-state index is 12.5. The summed E-state index contributed by atoms with van der Waals surface area (Å²) in [5.41, 5.74) is 0.572. The average molecular weight is 274 g/mol. The number of thiophene rings is 1. The Hall–Kier alpha value is -1.19. The molecule has 2 heterocycles. The van der Waals surface area contributed by atoms with Crippen LogP contribution in [0.4, 0.5) is 0 Å². The Morgan fingerprint density at radius 3 is 3.00 bits per heavy atom. The molecule has 19 heavy (non-hydrogen) atoms. The van der Waals surface area contributed by atoms with Crippen LogP contribution in [0, 0.1) is 0 Å². The van der Waals surface area contributed by atoms with Gasteiger partial charge in [0.15, 0.2) is 5.78 Å². The van der Waals surface area contributed by atoms with E-state index in [2.05, 4.69) is 17.5 Å². The summed E-state index contributed by atoms with van der Waals surface area (Å²) in [6.07, 6.45) is 3.51. The zero-order valence-corrected chi connectivity index (χ0v) is 12.0. The summed E-state index contributed by atoms with van der Waals surface area (Å²) < 4.78 is 6.99. The summed E-state index contributed by atoms with van der Waals surface area (Å²) in [4.78, 5) is 12.5. The van der Waals surface area contributed by atoms with Crippen LogP contribution in [-0.2, 0) is 16.0 Å². The van der Waals surface area contributed by atoms with Gasteiger partial charge >= 0.3 is 0 Å². The highest BCUT2D eigenvalue weighted by molar-refractivity contribution is 7.17. The van der Waals surface area contributed by atoms with E-state index in [-0.39, 0.29) is 5.78 Å². The zero-order chi connectivity index (χ0) is 13.3. The highest BCUT2D eigenvalue weighted by atomic mass is 32.1. The van der Waals surface area contributed by atoms with E-state index in [0.29, 0.717) is 13.0 Å². The van der Waals surface area contributed by atoms with Crippen molar-refractivity contribution >= 4 is 27.2 Å². The van der Waals surface area contributed by atoms with Crippen LogP contribution in [0.3, 0.4) is 0 Å². The highest BCUT2D eigenvalue weighted by Gasteiger charge is 2.35. The van der Waals surface area contributed by atoms with Gasteiger partial charge in [0, 0.05) is 17.7 Å². The van der Waals surface area contributed by atoms with Crippen LogP contribution in [0.5, 0.6) is 0 Å². The molecular formula is C16H18O2S. The van der Waals surface area contributed by atoms with Gasteiger partial charge in [0.2, 0.25) is 0 Å². The molecule has 0 saturated carbocycles. The van der Waals surface area contributed by atoms with E-state index in [4.69, 9.17) is 4.74 Å². The molecule has 2 nitrogen and oxygen atoms in total. The molecule has 1 aromatic carbocycles. The summed E-state index contributed by atoms with van der Waals surface area (Å²) in [6, 6.07) is 8.27. The smallest absolute Gasteiger partial charge is 0.168 e. The Kier molecular flexibility index (Phi) is 3.42. The van der Waals surface area contributed by atoms with Gasteiger partial charge in [-0.2, -0.15) is 0 Å². The fraction of sp³-hybridized carbons (Fsp3) is 0.438. The van der Waals surface area contributed by atoms with E-state index >= 15 is 0 Å². The van der Waals surface area contributed by atoms with Gasteiger partial charge in [-0.25, -0.2) is 0 Å². The van der Waals surface area contributed by atoms with Crippen molar-refractivity contribution in [3.05, 3.63) is 35.2 Å².